The SMILES string of the molecule is CC(=O)C1(C)C(C)[C@H](C)[C@@]23CC[C@@H](CC12)C3. The third kappa shape index (κ3) is 0.926. The second-order valence-electron chi connectivity index (χ2n) is 7.05. The van der Waals surface area contributed by atoms with E-state index in [2.05, 4.69) is 20.8 Å². The van der Waals surface area contributed by atoms with Crippen LogP contribution in [0.4, 0.5) is 0 Å². The van der Waals surface area contributed by atoms with Gasteiger partial charge in [-0.25, -0.2) is 0 Å². The van der Waals surface area contributed by atoms with Crippen molar-refractivity contribution in [1.29, 1.82) is 0 Å². The zero-order valence-electron chi connectivity index (χ0n) is 11.0. The van der Waals surface area contributed by atoms with E-state index in [4.69, 9.17) is 0 Å². The van der Waals surface area contributed by atoms with Crippen LogP contribution in [0, 0.1) is 34.5 Å². The van der Waals surface area contributed by atoms with Gasteiger partial charge < -0.3 is 0 Å². The molecule has 1 nitrogen and oxygen atoms in total. The van der Waals surface area contributed by atoms with E-state index in [0.717, 1.165) is 11.8 Å². The molecule has 0 N–H and O–H groups in total. The molecule has 0 aromatic heterocycles. The Morgan fingerprint density at radius 2 is 1.94 bits per heavy atom. The molecule has 1 spiro atoms. The zero-order chi connectivity index (χ0) is 11.7. The fourth-order valence-corrected chi connectivity index (χ4v) is 5.77. The van der Waals surface area contributed by atoms with Crippen LogP contribution < -0.4 is 0 Å². The van der Waals surface area contributed by atoms with Gasteiger partial charge >= 0.3 is 0 Å². The summed E-state index contributed by atoms with van der Waals surface area (Å²) < 4.78 is 0. The number of carbonyl (C=O) groups is 1. The molecule has 2 bridgehead atoms. The van der Waals surface area contributed by atoms with Crippen molar-refractivity contribution in [3.8, 4) is 0 Å². The highest BCUT2D eigenvalue weighted by Gasteiger charge is 2.69. The van der Waals surface area contributed by atoms with Gasteiger partial charge in [0, 0.05) is 5.41 Å². The summed E-state index contributed by atoms with van der Waals surface area (Å²) in [5, 5.41) is 0. The fraction of sp³-hybridized carbons (Fsp3) is 0.933. The van der Waals surface area contributed by atoms with Crippen molar-refractivity contribution < 1.29 is 4.79 Å². The Hall–Kier alpha value is -0.330. The van der Waals surface area contributed by atoms with Crippen molar-refractivity contribution in [1.82, 2.24) is 0 Å². The molecule has 1 heteroatoms. The lowest BCUT2D eigenvalue weighted by molar-refractivity contribution is -0.130. The topological polar surface area (TPSA) is 17.1 Å². The van der Waals surface area contributed by atoms with Crippen molar-refractivity contribution in [2.45, 2.75) is 53.4 Å². The summed E-state index contributed by atoms with van der Waals surface area (Å²) in [4.78, 5) is 12.1. The van der Waals surface area contributed by atoms with Crippen LogP contribution in [0.15, 0.2) is 0 Å². The van der Waals surface area contributed by atoms with Gasteiger partial charge in [-0.3, -0.25) is 4.79 Å². The molecule has 0 radical (unpaired) electrons. The molecule has 16 heavy (non-hydrogen) atoms. The number of hydrogen-bond donors (Lipinski definition) is 0. The van der Waals surface area contributed by atoms with E-state index in [9.17, 15) is 4.79 Å². The molecule has 90 valence electrons. The number of carbonyl (C=O) groups excluding carboxylic acids is 1. The molecule has 0 aromatic carbocycles. The Kier molecular flexibility index (Phi) is 1.97. The first-order valence-electron chi connectivity index (χ1n) is 6.94. The van der Waals surface area contributed by atoms with Gasteiger partial charge in [0.05, 0.1) is 0 Å². The first-order valence-corrected chi connectivity index (χ1v) is 6.94. The average Bonchev–Trinajstić information content (AvgIpc) is 2.87. The van der Waals surface area contributed by atoms with Crippen molar-refractivity contribution >= 4 is 5.78 Å². The first-order chi connectivity index (χ1) is 7.43. The Labute approximate surface area is 99.0 Å². The smallest absolute Gasteiger partial charge is 0.136 e. The number of hydrogen-bond acceptors (Lipinski definition) is 1. The predicted molar refractivity (Wildman–Crippen MR) is 65.0 cm³/mol. The van der Waals surface area contributed by atoms with E-state index in [1.54, 1.807) is 0 Å². The molecule has 3 aliphatic rings. The van der Waals surface area contributed by atoms with Crippen LogP contribution in [0.5, 0.6) is 0 Å². The highest BCUT2D eigenvalue weighted by atomic mass is 16.1. The average molecular weight is 220 g/mol. The largest absolute Gasteiger partial charge is 0.299 e. The van der Waals surface area contributed by atoms with E-state index >= 15 is 0 Å². The van der Waals surface area contributed by atoms with Gasteiger partial charge in [0.25, 0.3) is 0 Å². The van der Waals surface area contributed by atoms with Crippen LogP contribution in [-0.2, 0) is 4.79 Å². The third-order valence-corrected chi connectivity index (χ3v) is 7.03. The molecule has 0 aromatic rings. The molecule has 0 heterocycles. The molecule has 0 saturated heterocycles. The maximum Gasteiger partial charge on any atom is 0.136 e. The molecule has 6 atom stereocenters. The third-order valence-electron chi connectivity index (χ3n) is 7.03. The zero-order valence-corrected chi connectivity index (χ0v) is 11.0. The predicted octanol–water partition coefficient (Wildman–Crippen LogP) is 3.67. The molecular formula is C15H24O. The van der Waals surface area contributed by atoms with Crippen molar-refractivity contribution in [2.24, 2.45) is 34.5 Å². The van der Waals surface area contributed by atoms with Gasteiger partial charge in [-0.1, -0.05) is 20.8 Å². The Morgan fingerprint density at radius 3 is 2.50 bits per heavy atom. The minimum Gasteiger partial charge on any atom is -0.299 e. The number of fused-ring (bicyclic) bond motifs is 1. The second kappa shape index (κ2) is 2.91. The van der Waals surface area contributed by atoms with Gasteiger partial charge in [-0.05, 0) is 61.7 Å². The normalized spacial score (nSPS) is 59.0. The summed E-state index contributed by atoms with van der Waals surface area (Å²) in [6.07, 6.45) is 5.59. The maximum atomic E-state index is 12.1. The highest BCUT2D eigenvalue weighted by Crippen LogP contribution is 2.74. The summed E-state index contributed by atoms with van der Waals surface area (Å²) in [6, 6.07) is 0. The van der Waals surface area contributed by atoms with Crippen LogP contribution >= 0.6 is 0 Å². The fourth-order valence-electron chi connectivity index (χ4n) is 5.77. The molecule has 3 rings (SSSR count). The van der Waals surface area contributed by atoms with Crippen molar-refractivity contribution in [3.05, 3.63) is 0 Å². The van der Waals surface area contributed by atoms with Crippen molar-refractivity contribution in [3.63, 3.8) is 0 Å². The number of ketones is 1. The van der Waals surface area contributed by atoms with Crippen LogP contribution in [0.3, 0.4) is 0 Å². The lowest BCUT2D eigenvalue weighted by Crippen LogP contribution is -2.37. The van der Waals surface area contributed by atoms with Gasteiger partial charge in [0.1, 0.15) is 5.78 Å². The van der Waals surface area contributed by atoms with E-state index in [-0.39, 0.29) is 5.41 Å². The van der Waals surface area contributed by atoms with Crippen LogP contribution in [0.2, 0.25) is 0 Å². The maximum absolute atomic E-state index is 12.1. The Morgan fingerprint density at radius 1 is 1.25 bits per heavy atom. The van der Waals surface area contributed by atoms with Crippen LogP contribution in [-0.4, -0.2) is 5.78 Å². The molecule has 3 aliphatic carbocycles. The van der Waals surface area contributed by atoms with E-state index < -0.39 is 0 Å². The number of Topliss-reactive ketones (excluding diaryl/α,β-unsaturated/α-hetero) is 1. The molecular weight excluding hydrogens is 196 g/mol. The van der Waals surface area contributed by atoms with Crippen molar-refractivity contribution in [2.75, 3.05) is 0 Å². The van der Waals surface area contributed by atoms with Gasteiger partial charge in [0.2, 0.25) is 0 Å². The van der Waals surface area contributed by atoms with Crippen LogP contribution in [0.1, 0.15) is 53.4 Å². The molecule has 0 aliphatic heterocycles. The standard InChI is InChI=1S/C15H24O/c1-9-10(2)15-6-5-12(8-15)7-13(15)14(9,4)11(3)16/h9-10,12-13H,5-8H2,1-4H3/t9?,10-,12-,13?,14?,15-/m0/s1. The quantitative estimate of drug-likeness (QED) is 0.659. The van der Waals surface area contributed by atoms with E-state index in [1.165, 1.54) is 25.7 Å². The summed E-state index contributed by atoms with van der Waals surface area (Å²) in [5.41, 5.74) is 0.527. The van der Waals surface area contributed by atoms with Gasteiger partial charge in [0.15, 0.2) is 0 Å². The monoisotopic (exact) mass is 220 g/mol. The lowest BCUT2D eigenvalue weighted by atomic mass is 9.65. The summed E-state index contributed by atoms with van der Waals surface area (Å²) in [5.74, 6) is 3.41. The first kappa shape index (κ1) is 10.8. The van der Waals surface area contributed by atoms with Crippen LogP contribution in [0.25, 0.3) is 0 Å². The summed E-state index contributed by atoms with van der Waals surface area (Å²) in [6.45, 7) is 8.83. The molecule has 3 saturated carbocycles. The van der Waals surface area contributed by atoms with Gasteiger partial charge in [-0.2, -0.15) is 0 Å². The summed E-state index contributed by atoms with van der Waals surface area (Å²) >= 11 is 0. The Balaban J connectivity index is 2.09. The van der Waals surface area contributed by atoms with E-state index in [1.807, 2.05) is 6.92 Å². The minimum absolute atomic E-state index is 0.0193. The summed E-state index contributed by atoms with van der Waals surface area (Å²) in [7, 11) is 0. The molecule has 0 amide bonds. The van der Waals surface area contributed by atoms with Gasteiger partial charge in [-0.15, -0.1) is 0 Å². The second-order valence-corrected chi connectivity index (χ2v) is 7.05. The lowest BCUT2D eigenvalue weighted by Gasteiger charge is -2.37. The minimum atomic E-state index is -0.0193. The Bertz CT molecular complexity index is 347. The highest BCUT2D eigenvalue weighted by molar-refractivity contribution is 5.83. The number of rotatable bonds is 1. The molecule has 3 fully saturated rings. The van der Waals surface area contributed by atoms with E-state index in [0.29, 0.717) is 23.0 Å². The molecule has 3 unspecified atom stereocenters.